The molecule has 1 rings (SSSR count). The third-order valence-corrected chi connectivity index (χ3v) is 3.82. The van der Waals surface area contributed by atoms with Gasteiger partial charge in [-0.05, 0) is 42.4 Å². The van der Waals surface area contributed by atoms with Crippen LogP contribution in [0.25, 0.3) is 0 Å². The van der Waals surface area contributed by atoms with E-state index in [0.717, 1.165) is 47.3 Å². The van der Waals surface area contributed by atoms with Crippen LogP contribution in [0.5, 0.6) is 5.75 Å². The van der Waals surface area contributed by atoms with Crippen LogP contribution >= 0.6 is 23.4 Å². The zero-order chi connectivity index (χ0) is 13.4. The fourth-order valence-electron chi connectivity index (χ4n) is 1.63. The van der Waals surface area contributed by atoms with Gasteiger partial charge in [0.2, 0.25) is 0 Å². The van der Waals surface area contributed by atoms with Crippen molar-refractivity contribution < 1.29 is 4.74 Å². The van der Waals surface area contributed by atoms with Gasteiger partial charge in [-0.25, -0.2) is 0 Å². The van der Waals surface area contributed by atoms with Gasteiger partial charge in [0, 0.05) is 16.8 Å². The minimum atomic E-state index is 0.163. The fourth-order valence-corrected chi connectivity index (χ4v) is 2.31. The van der Waals surface area contributed by atoms with Crippen molar-refractivity contribution in [3.63, 3.8) is 0 Å². The summed E-state index contributed by atoms with van der Waals surface area (Å²) < 4.78 is 5.80. The molecule has 0 saturated heterocycles. The monoisotopic (exact) mass is 287 g/mol. The maximum atomic E-state index is 6.03. The summed E-state index contributed by atoms with van der Waals surface area (Å²) >= 11 is 7.91. The van der Waals surface area contributed by atoms with E-state index in [9.17, 15) is 0 Å². The summed E-state index contributed by atoms with van der Waals surface area (Å²) in [7, 11) is 0. The molecule has 4 heteroatoms. The molecule has 0 saturated carbocycles. The van der Waals surface area contributed by atoms with Crippen molar-refractivity contribution in [1.29, 1.82) is 0 Å². The quantitative estimate of drug-likeness (QED) is 0.740. The highest BCUT2D eigenvalue weighted by atomic mass is 35.5. The van der Waals surface area contributed by atoms with E-state index < -0.39 is 0 Å². The largest absolute Gasteiger partial charge is 0.492 e. The highest BCUT2D eigenvalue weighted by Gasteiger charge is 2.08. The molecule has 1 aromatic carbocycles. The van der Waals surface area contributed by atoms with Gasteiger partial charge in [0.1, 0.15) is 5.75 Å². The van der Waals surface area contributed by atoms with Gasteiger partial charge in [0.15, 0.2) is 0 Å². The number of halogens is 1. The Morgan fingerprint density at radius 2 is 2.17 bits per heavy atom. The Kier molecular flexibility index (Phi) is 7.56. The van der Waals surface area contributed by atoms with Gasteiger partial charge >= 0.3 is 0 Å². The molecule has 0 aromatic heterocycles. The Morgan fingerprint density at radius 3 is 2.83 bits per heavy atom. The Morgan fingerprint density at radius 1 is 1.39 bits per heavy atom. The maximum Gasteiger partial charge on any atom is 0.122 e. The molecule has 0 heterocycles. The van der Waals surface area contributed by atoms with Crippen LogP contribution < -0.4 is 10.5 Å². The van der Waals surface area contributed by atoms with Crippen LogP contribution in [0.3, 0.4) is 0 Å². The van der Waals surface area contributed by atoms with Gasteiger partial charge in [0.05, 0.1) is 6.61 Å². The fraction of sp³-hybridized carbons (Fsp3) is 0.571. The number of benzene rings is 1. The first-order valence-electron chi connectivity index (χ1n) is 6.41. The summed E-state index contributed by atoms with van der Waals surface area (Å²) in [6.45, 7) is 4.97. The number of thioether (sulfide) groups is 1. The molecule has 0 amide bonds. The molecule has 0 bridgehead atoms. The lowest BCUT2D eigenvalue weighted by Gasteiger charge is -2.14. The molecule has 102 valence electrons. The number of ether oxygens (including phenoxy) is 1. The Balaban J connectivity index is 2.64. The minimum absolute atomic E-state index is 0.163. The van der Waals surface area contributed by atoms with Gasteiger partial charge in [-0.2, -0.15) is 11.8 Å². The molecular weight excluding hydrogens is 266 g/mol. The highest BCUT2D eigenvalue weighted by molar-refractivity contribution is 7.99. The smallest absolute Gasteiger partial charge is 0.122 e. The van der Waals surface area contributed by atoms with Crippen molar-refractivity contribution in [2.24, 2.45) is 5.73 Å². The molecule has 0 spiro atoms. The van der Waals surface area contributed by atoms with Gasteiger partial charge in [-0.15, -0.1) is 0 Å². The molecular formula is C14H22ClNOS. The Bertz CT molecular complexity index is 360. The van der Waals surface area contributed by atoms with E-state index in [1.54, 1.807) is 0 Å². The summed E-state index contributed by atoms with van der Waals surface area (Å²) in [4.78, 5) is 0. The van der Waals surface area contributed by atoms with Gasteiger partial charge in [-0.3, -0.25) is 0 Å². The summed E-state index contributed by atoms with van der Waals surface area (Å²) in [6.07, 6.45) is 1.77. The molecule has 1 unspecified atom stereocenters. The van der Waals surface area contributed by atoms with Crippen LogP contribution in [0.1, 0.15) is 25.8 Å². The standard InChI is InChI=1S/C14H22ClNOS/c1-3-13(16)10-11-9-12(15)5-6-14(11)17-7-8-18-4-2/h5-6,9,13H,3-4,7-8,10,16H2,1-2H3. The average Bonchev–Trinajstić information content (AvgIpc) is 2.36. The van der Waals surface area contributed by atoms with E-state index in [2.05, 4.69) is 13.8 Å². The van der Waals surface area contributed by atoms with Crippen LogP contribution in [0.15, 0.2) is 18.2 Å². The van der Waals surface area contributed by atoms with E-state index in [1.807, 2.05) is 30.0 Å². The molecule has 0 aliphatic carbocycles. The molecule has 1 atom stereocenters. The first-order valence-corrected chi connectivity index (χ1v) is 7.95. The zero-order valence-corrected chi connectivity index (χ0v) is 12.7. The zero-order valence-electron chi connectivity index (χ0n) is 11.1. The topological polar surface area (TPSA) is 35.2 Å². The first kappa shape index (κ1) is 15.7. The first-order chi connectivity index (χ1) is 8.67. The van der Waals surface area contributed by atoms with Crippen molar-refractivity contribution in [3.8, 4) is 5.75 Å². The second kappa shape index (κ2) is 8.68. The van der Waals surface area contributed by atoms with Gasteiger partial charge in [-0.1, -0.05) is 25.4 Å². The van der Waals surface area contributed by atoms with Crippen LogP contribution in [-0.2, 0) is 6.42 Å². The predicted molar refractivity (Wildman–Crippen MR) is 81.9 cm³/mol. The van der Waals surface area contributed by atoms with E-state index in [4.69, 9.17) is 22.1 Å². The number of hydrogen-bond donors (Lipinski definition) is 1. The molecule has 0 fully saturated rings. The highest BCUT2D eigenvalue weighted by Crippen LogP contribution is 2.24. The molecule has 0 aliphatic heterocycles. The van der Waals surface area contributed by atoms with Crippen molar-refractivity contribution >= 4 is 23.4 Å². The van der Waals surface area contributed by atoms with E-state index >= 15 is 0 Å². The number of rotatable bonds is 8. The minimum Gasteiger partial charge on any atom is -0.492 e. The van der Waals surface area contributed by atoms with Gasteiger partial charge in [0.25, 0.3) is 0 Å². The lowest BCUT2D eigenvalue weighted by atomic mass is 10.0. The Labute approximate surface area is 119 Å². The molecule has 0 aliphatic rings. The van der Waals surface area contributed by atoms with E-state index in [0.29, 0.717) is 0 Å². The van der Waals surface area contributed by atoms with Crippen molar-refractivity contribution in [2.45, 2.75) is 32.7 Å². The summed E-state index contributed by atoms with van der Waals surface area (Å²) in [5, 5.41) is 0.739. The van der Waals surface area contributed by atoms with Crippen LogP contribution in [0.4, 0.5) is 0 Å². The second-order valence-corrected chi connectivity index (χ2v) is 6.00. The lowest BCUT2D eigenvalue weighted by Crippen LogP contribution is -2.21. The third-order valence-electron chi connectivity index (χ3n) is 2.72. The molecule has 0 radical (unpaired) electrons. The van der Waals surface area contributed by atoms with Crippen molar-refractivity contribution in [2.75, 3.05) is 18.1 Å². The third kappa shape index (κ3) is 5.51. The summed E-state index contributed by atoms with van der Waals surface area (Å²) in [5.74, 6) is 3.05. The molecule has 1 aromatic rings. The van der Waals surface area contributed by atoms with Crippen molar-refractivity contribution in [3.05, 3.63) is 28.8 Å². The average molecular weight is 288 g/mol. The second-order valence-electron chi connectivity index (χ2n) is 4.17. The summed E-state index contributed by atoms with van der Waals surface area (Å²) in [5.41, 5.74) is 7.11. The Hall–Kier alpha value is -0.380. The van der Waals surface area contributed by atoms with E-state index in [1.165, 1.54) is 0 Å². The van der Waals surface area contributed by atoms with Crippen molar-refractivity contribution in [1.82, 2.24) is 0 Å². The van der Waals surface area contributed by atoms with E-state index in [-0.39, 0.29) is 6.04 Å². The maximum absolute atomic E-state index is 6.03. The molecule has 2 nitrogen and oxygen atoms in total. The summed E-state index contributed by atoms with van der Waals surface area (Å²) in [6, 6.07) is 5.93. The predicted octanol–water partition coefficient (Wildman–Crippen LogP) is 3.75. The van der Waals surface area contributed by atoms with Gasteiger partial charge < -0.3 is 10.5 Å². The van der Waals surface area contributed by atoms with Crippen LogP contribution in [0.2, 0.25) is 5.02 Å². The number of hydrogen-bond acceptors (Lipinski definition) is 3. The molecule has 18 heavy (non-hydrogen) atoms. The number of nitrogens with two attached hydrogens (primary N) is 1. The molecule has 2 N–H and O–H groups in total. The lowest BCUT2D eigenvalue weighted by molar-refractivity contribution is 0.339. The van der Waals surface area contributed by atoms with Crippen LogP contribution in [-0.4, -0.2) is 24.2 Å². The van der Waals surface area contributed by atoms with Crippen LogP contribution in [0, 0.1) is 0 Å². The normalized spacial score (nSPS) is 12.4. The SMILES string of the molecule is CCSCCOc1ccc(Cl)cc1CC(N)CC.